The van der Waals surface area contributed by atoms with Crippen molar-refractivity contribution < 1.29 is 25.2 Å². The molecule has 1 saturated carbocycles. The molecular formula is C23H42O5. The standard InChI is InChI=1S/C23H42O5/c1-2-3-4-5-6-7-8-9-10-11-12-13-14-15-19-16-22(26)17-20(24)21(25)18-23(22,27)28-19/h7-8,19-21,24-27H,2-6,9-18H2,1H3. The molecule has 0 aromatic rings. The van der Waals surface area contributed by atoms with Gasteiger partial charge in [-0.15, -0.1) is 0 Å². The van der Waals surface area contributed by atoms with Crippen LogP contribution in [0.5, 0.6) is 0 Å². The van der Waals surface area contributed by atoms with Crippen molar-refractivity contribution in [1.29, 1.82) is 0 Å². The first-order valence-electron chi connectivity index (χ1n) is 11.5. The number of hydrogen-bond donors (Lipinski definition) is 4. The fraction of sp³-hybridized carbons (Fsp3) is 0.913. The van der Waals surface area contributed by atoms with E-state index in [0.29, 0.717) is 6.42 Å². The van der Waals surface area contributed by atoms with Crippen molar-refractivity contribution in [2.75, 3.05) is 0 Å². The number of hydrogen-bond acceptors (Lipinski definition) is 5. The van der Waals surface area contributed by atoms with Gasteiger partial charge in [0.1, 0.15) is 5.60 Å². The van der Waals surface area contributed by atoms with Crippen LogP contribution in [0.3, 0.4) is 0 Å². The minimum atomic E-state index is -1.72. The topological polar surface area (TPSA) is 90.2 Å². The maximum Gasteiger partial charge on any atom is 0.197 e. The highest BCUT2D eigenvalue weighted by Crippen LogP contribution is 2.48. The molecule has 5 atom stereocenters. The number of ether oxygens (including phenoxy) is 1. The fourth-order valence-electron chi connectivity index (χ4n) is 4.60. The van der Waals surface area contributed by atoms with Gasteiger partial charge in [-0.3, -0.25) is 0 Å². The molecule has 5 unspecified atom stereocenters. The molecule has 0 amide bonds. The molecule has 0 bridgehead atoms. The first-order chi connectivity index (χ1) is 13.4. The lowest BCUT2D eigenvalue weighted by atomic mass is 9.75. The van der Waals surface area contributed by atoms with Crippen molar-refractivity contribution in [2.45, 2.75) is 133 Å². The van der Waals surface area contributed by atoms with Crippen LogP contribution in [0.2, 0.25) is 0 Å². The Morgan fingerprint density at radius 2 is 1.36 bits per heavy atom. The SMILES string of the molecule is CCCCCCC=CCCCCCCCC1CC2(O)CC(O)C(O)CC2(O)O1. The van der Waals surface area contributed by atoms with Crippen molar-refractivity contribution in [3.05, 3.63) is 12.2 Å². The van der Waals surface area contributed by atoms with E-state index < -0.39 is 23.6 Å². The van der Waals surface area contributed by atoms with Gasteiger partial charge in [0, 0.05) is 19.3 Å². The maximum atomic E-state index is 10.7. The van der Waals surface area contributed by atoms with Crippen LogP contribution in [0.1, 0.15) is 103 Å². The quantitative estimate of drug-likeness (QED) is 0.278. The average molecular weight is 399 g/mol. The van der Waals surface area contributed by atoms with E-state index in [9.17, 15) is 20.4 Å². The molecule has 1 saturated heterocycles. The van der Waals surface area contributed by atoms with Gasteiger partial charge in [-0.05, 0) is 32.1 Å². The van der Waals surface area contributed by atoms with Crippen LogP contribution in [-0.2, 0) is 4.74 Å². The number of rotatable bonds is 13. The van der Waals surface area contributed by atoms with Gasteiger partial charge in [0.15, 0.2) is 5.79 Å². The van der Waals surface area contributed by atoms with Crippen LogP contribution in [0.25, 0.3) is 0 Å². The Balaban J connectivity index is 1.50. The number of allylic oxidation sites excluding steroid dienone is 2. The third kappa shape index (κ3) is 6.81. The smallest absolute Gasteiger partial charge is 0.197 e. The number of aliphatic hydroxyl groups excluding tert-OH is 2. The summed E-state index contributed by atoms with van der Waals surface area (Å²) in [6.45, 7) is 2.24. The molecule has 0 radical (unpaired) electrons. The summed E-state index contributed by atoms with van der Waals surface area (Å²) in [6.07, 6.45) is 16.9. The van der Waals surface area contributed by atoms with Crippen molar-refractivity contribution in [3.8, 4) is 0 Å². The second kappa shape index (κ2) is 11.7. The lowest BCUT2D eigenvalue weighted by molar-refractivity contribution is -0.303. The minimum Gasteiger partial charge on any atom is -0.390 e. The van der Waals surface area contributed by atoms with Crippen LogP contribution in [0, 0.1) is 0 Å². The largest absolute Gasteiger partial charge is 0.390 e. The molecule has 1 aliphatic heterocycles. The highest BCUT2D eigenvalue weighted by molar-refractivity contribution is 5.07. The van der Waals surface area contributed by atoms with E-state index >= 15 is 0 Å². The molecule has 28 heavy (non-hydrogen) atoms. The summed E-state index contributed by atoms with van der Waals surface area (Å²) in [4.78, 5) is 0. The van der Waals surface area contributed by atoms with Gasteiger partial charge in [0.25, 0.3) is 0 Å². The van der Waals surface area contributed by atoms with Gasteiger partial charge in [-0.1, -0.05) is 64.0 Å². The molecule has 4 N–H and O–H groups in total. The molecule has 2 aliphatic rings. The highest BCUT2D eigenvalue weighted by atomic mass is 16.7. The number of fused-ring (bicyclic) bond motifs is 1. The van der Waals surface area contributed by atoms with Crippen LogP contribution >= 0.6 is 0 Å². The van der Waals surface area contributed by atoms with Gasteiger partial charge < -0.3 is 25.2 Å². The second-order valence-electron chi connectivity index (χ2n) is 8.97. The third-order valence-electron chi connectivity index (χ3n) is 6.42. The lowest BCUT2D eigenvalue weighted by Gasteiger charge is -2.44. The van der Waals surface area contributed by atoms with Crippen LogP contribution in [0.15, 0.2) is 12.2 Å². The molecule has 1 aliphatic carbocycles. The Morgan fingerprint density at radius 3 is 2.04 bits per heavy atom. The first kappa shape index (κ1) is 23.8. The van der Waals surface area contributed by atoms with Crippen molar-refractivity contribution >= 4 is 0 Å². The Bertz CT molecular complexity index is 444. The normalized spacial score (nSPS) is 35.5. The van der Waals surface area contributed by atoms with Crippen molar-refractivity contribution in [1.82, 2.24) is 0 Å². The van der Waals surface area contributed by atoms with Crippen LogP contribution in [0.4, 0.5) is 0 Å². The Hall–Kier alpha value is -0.460. The highest BCUT2D eigenvalue weighted by Gasteiger charge is 2.62. The van der Waals surface area contributed by atoms with Gasteiger partial charge in [0.2, 0.25) is 0 Å². The van der Waals surface area contributed by atoms with E-state index in [0.717, 1.165) is 19.3 Å². The average Bonchev–Trinajstić information content (AvgIpc) is 2.89. The monoisotopic (exact) mass is 398 g/mol. The zero-order valence-corrected chi connectivity index (χ0v) is 17.7. The van der Waals surface area contributed by atoms with Crippen LogP contribution < -0.4 is 0 Å². The van der Waals surface area contributed by atoms with E-state index in [4.69, 9.17) is 4.74 Å². The summed E-state index contributed by atoms with van der Waals surface area (Å²) in [5, 5.41) is 40.9. The Labute approximate surface area is 170 Å². The Kier molecular flexibility index (Phi) is 9.91. The first-order valence-corrected chi connectivity index (χ1v) is 11.5. The summed E-state index contributed by atoms with van der Waals surface area (Å²) in [5.41, 5.74) is -1.45. The van der Waals surface area contributed by atoms with Gasteiger partial charge in [0.05, 0.1) is 18.3 Å². The minimum absolute atomic E-state index is 0.0344. The van der Waals surface area contributed by atoms with E-state index in [1.165, 1.54) is 57.8 Å². The molecule has 2 fully saturated rings. The number of aliphatic hydroxyl groups is 4. The predicted octanol–water partition coefficient (Wildman–Crippen LogP) is 3.97. The number of unbranched alkanes of at least 4 members (excludes halogenated alkanes) is 9. The molecule has 5 nitrogen and oxygen atoms in total. The zero-order valence-electron chi connectivity index (χ0n) is 17.7. The van der Waals surface area contributed by atoms with Crippen molar-refractivity contribution in [2.24, 2.45) is 0 Å². The lowest BCUT2D eigenvalue weighted by Crippen LogP contribution is -2.60. The van der Waals surface area contributed by atoms with E-state index in [2.05, 4.69) is 19.1 Å². The van der Waals surface area contributed by atoms with Gasteiger partial charge in [-0.25, -0.2) is 0 Å². The second-order valence-corrected chi connectivity index (χ2v) is 8.97. The third-order valence-corrected chi connectivity index (χ3v) is 6.42. The van der Waals surface area contributed by atoms with E-state index in [1.807, 2.05) is 0 Å². The van der Waals surface area contributed by atoms with Gasteiger partial charge >= 0.3 is 0 Å². The molecular weight excluding hydrogens is 356 g/mol. The molecule has 1 heterocycles. The molecule has 164 valence electrons. The fourth-order valence-corrected chi connectivity index (χ4v) is 4.60. The summed E-state index contributed by atoms with van der Waals surface area (Å²) < 4.78 is 5.71. The van der Waals surface area contributed by atoms with Crippen molar-refractivity contribution in [3.63, 3.8) is 0 Å². The predicted molar refractivity (Wildman–Crippen MR) is 111 cm³/mol. The van der Waals surface area contributed by atoms with E-state index in [-0.39, 0.29) is 18.9 Å². The molecule has 0 aromatic carbocycles. The van der Waals surface area contributed by atoms with Gasteiger partial charge in [-0.2, -0.15) is 0 Å². The summed E-state index contributed by atoms with van der Waals surface area (Å²) in [6, 6.07) is 0. The molecule has 0 spiro atoms. The summed E-state index contributed by atoms with van der Waals surface area (Å²) in [5.74, 6) is -1.72. The summed E-state index contributed by atoms with van der Waals surface area (Å²) in [7, 11) is 0. The molecule has 2 rings (SSSR count). The Morgan fingerprint density at radius 1 is 0.786 bits per heavy atom. The molecule has 5 heteroatoms. The van der Waals surface area contributed by atoms with E-state index in [1.54, 1.807) is 0 Å². The zero-order chi connectivity index (χ0) is 20.5. The summed E-state index contributed by atoms with van der Waals surface area (Å²) >= 11 is 0. The van der Waals surface area contributed by atoms with Crippen LogP contribution in [-0.4, -0.2) is 50.1 Å². The maximum absolute atomic E-state index is 10.7. The molecule has 0 aromatic heterocycles.